The number of carbonyl (C=O) groups is 1. The average Bonchev–Trinajstić information content (AvgIpc) is 2.37. The second kappa shape index (κ2) is 7.88. The van der Waals surface area contributed by atoms with Gasteiger partial charge in [0, 0.05) is 11.6 Å². The van der Waals surface area contributed by atoms with Crippen LogP contribution in [0.15, 0.2) is 30.3 Å². The second-order valence-electron chi connectivity index (χ2n) is 4.47. The van der Waals surface area contributed by atoms with Crippen molar-refractivity contribution in [3.05, 3.63) is 35.9 Å². The normalized spacial score (nSPS) is 12.1. The van der Waals surface area contributed by atoms with E-state index in [1.807, 2.05) is 30.3 Å². The zero-order valence-electron chi connectivity index (χ0n) is 10.9. The van der Waals surface area contributed by atoms with Gasteiger partial charge in [0.15, 0.2) is 0 Å². The zero-order chi connectivity index (χ0) is 12.5. The van der Waals surface area contributed by atoms with E-state index in [0.717, 1.165) is 24.8 Å². The van der Waals surface area contributed by atoms with Gasteiger partial charge in [0.05, 0.1) is 0 Å². The Labute approximate surface area is 104 Å². The first-order valence-corrected chi connectivity index (χ1v) is 6.63. The molecule has 1 aromatic carbocycles. The van der Waals surface area contributed by atoms with Crippen LogP contribution >= 0.6 is 0 Å². The van der Waals surface area contributed by atoms with E-state index >= 15 is 0 Å². The van der Waals surface area contributed by atoms with Gasteiger partial charge in [0.1, 0.15) is 0 Å². The number of rotatable bonds is 7. The van der Waals surface area contributed by atoms with Crippen molar-refractivity contribution in [2.75, 3.05) is 0 Å². The smallest absolute Gasteiger partial charge is 0.251 e. The molecule has 0 radical (unpaired) electrons. The maximum absolute atomic E-state index is 12.0. The summed E-state index contributed by atoms with van der Waals surface area (Å²) in [5, 5.41) is 3.13. The lowest BCUT2D eigenvalue weighted by Gasteiger charge is -2.17. The van der Waals surface area contributed by atoms with Crippen molar-refractivity contribution in [2.45, 2.75) is 52.0 Å². The van der Waals surface area contributed by atoms with E-state index in [1.165, 1.54) is 12.8 Å². The topological polar surface area (TPSA) is 29.1 Å². The Morgan fingerprint density at radius 3 is 2.41 bits per heavy atom. The molecule has 0 fully saturated rings. The fourth-order valence-electron chi connectivity index (χ4n) is 1.95. The summed E-state index contributed by atoms with van der Waals surface area (Å²) >= 11 is 0. The number of unbranched alkanes of at least 4 members (excludes halogenated alkanes) is 1. The van der Waals surface area contributed by atoms with Gasteiger partial charge in [0.2, 0.25) is 0 Å². The molecule has 0 saturated heterocycles. The molecular formula is C15H23NO. The summed E-state index contributed by atoms with van der Waals surface area (Å²) in [4.78, 5) is 12.0. The Morgan fingerprint density at radius 2 is 1.82 bits per heavy atom. The van der Waals surface area contributed by atoms with Gasteiger partial charge in [-0.05, 0) is 25.0 Å². The molecule has 0 unspecified atom stereocenters. The van der Waals surface area contributed by atoms with Crippen LogP contribution in [0.4, 0.5) is 0 Å². The molecule has 94 valence electrons. The predicted molar refractivity (Wildman–Crippen MR) is 72.1 cm³/mol. The van der Waals surface area contributed by atoms with Gasteiger partial charge < -0.3 is 5.32 Å². The van der Waals surface area contributed by atoms with Crippen molar-refractivity contribution in [2.24, 2.45) is 0 Å². The highest BCUT2D eigenvalue weighted by Gasteiger charge is 2.11. The van der Waals surface area contributed by atoms with E-state index in [0.29, 0.717) is 6.04 Å². The SMILES string of the molecule is CCCC[C@@H](CCC)NC(=O)c1ccccc1. The van der Waals surface area contributed by atoms with Crippen molar-refractivity contribution < 1.29 is 4.79 Å². The fourth-order valence-corrected chi connectivity index (χ4v) is 1.95. The molecule has 0 saturated carbocycles. The standard InChI is InChI=1S/C15H23NO/c1-3-5-12-14(9-4-2)16-15(17)13-10-7-6-8-11-13/h6-8,10-11,14H,3-5,9,12H2,1-2H3,(H,16,17)/t14-/m1/s1. The van der Waals surface area contributed by atoms with Gasteiger partial charge >= 0.3 is 0 Å². The summed E-state index contributed by atoms with van der Waals surface area (Å²) in [6.45, 7) is 4.34. The molecule has 2 nitrogen and oxygen atoms in total. The first kappa shape index (κ1) is 13.8. The van der Waals surface area contributed by atoms with Crippen LogP contribution in [0.3, 0.4) is 0 Å². The number of nitrogens with one attached hydrogen (secondary N) is 1. The second-order valence-corrected chi connectivity index (χ2v) is 4.47. The molecule has 0 aliphatic rings. The minimum Gasteiger partial charge on any atom is -0.349 e. The summed E-state index contributed by atoms with van der Waals surface area (Å²) in [5.74, 6) is 0.0557. The first-order valence-electron chi connectivity index (χ1n) is 6.63. The van der Waals surface area contributed by atoms with E-state index in [2.05, 4.69) is 19.2 Å². The van der Waals surface area contributed by atoms with E-state index < -0.39 is 0 Å². The first-order chi connectivity index (χ1) is 8.27. The van der Waals surface area contributed by atoms with Crippen LogP contribution in [0.1, 0.15) is 56.3 Å². The molecule has 1 rings (SSSR count). The number of carbonyl (C=O) groups excluding carboxylic acids is 1. The van der Waals surface area contributed by atoms with Crippen molar-refractivity contribution in [3.63, 3.8) is 0 Å². The Hall–Kier alpha value is -1.31. The summed E-state index contributed by atoms with van der Waals surface area (Å²) in [6, 6.07) is 9.77. The van der Waals surface area contributed by atoms with Gasteiger partial charge in [-0.1, -0.05) is 51.3 Å². The minimum atomic E-state index is 0.0557. The Bertz CT molecular complexity index is 321. The maximum Gasteiger partial charge on any atom is 0.251 e. The molecule has 17 heavy (non-hydrogen) atoms. The lowest BCUT2D eigenvalue weighted by atomic mass is 10.0. The molecule has 0 spiro atoms. The molecule has 1 amide bonds. The summed E-state index contributed by atoms with van der Waals surface area (Å²) < 4.78 is 0. The predicted octanol–water partition coefficient (Wildman–Crippen LogP) is 3.78. The highest BCUT2D eigenvalue weighted by Crippen LogP contribution is 2.08. The highest BCUT2D eigenvalue weighted by atomic mass is 16.1. The molecule has 2 heteroatoms. The van der Waals surface area contributed by atoms with Gasteiger partial charge in [-0.3, -0.25) is 4.79 Å². The molecule has 1 N–H and O–H groups in total. The summed E-state index contributed by atoms with van der Waals surface area (Å²) in [6.07, 6.45) is 5.63. The number of amides is 1. The van der Waals surface area contributed by atoms with Gasteiger partial charge in [-0.15, -0.1) is 0 Å². The third kappa shape index (κ3) is 5.03. The third-order valence-corrected chi connectivity index (χ3v) is 2.91. The molecule has 0 aliphatic heterocycles. The van der Waals surface area contributed by atoms with Gasteiger partial charge in [0.25, 0.3) is 5.91 Å². The lowest BCUT2D eigenvalue weighted by molar-refractivity contribution is 0.0932. The molecule has 0 aromatic heterocycles. The van der Waals surface area contributed by atoms with Gasteiger partial charge in [-0.25, -0.2) is 0 Å². The highest BCUT2D eigenvalue weighted by molar-refractivity contribution is 5.94. The molecular weight excluding hydrogens is 210 g/mol. The zero-order valence-corrected chi connectivity index (χ0v) is 10.9. The summed E-state index contributed by atoms with van der Waals surface area (Å²) in [5.41, 5.74) is 0.755. The quantitative estimate of drug-likeness (QED) is 0.763. The Balaban J connectivity index is 2.51. The van der Waals surface area contributed by atoms with Crippen LogP contribution in [0.5, 0.6) is 0 Å². The van der Waals surface area contributed by atoms with Gasteiger partial charge in [-0.2, -0.15) is 0 Å². The summed E-state index contributed by atoms with van der Waals surface area (Å²) in [7, 11) is 0. The van der Waals surface area contributed by atoms with Crippen molar-refractivity contribution >= 4 is 5.91 Å². The van der Waals surface area contributed by atoms with Crippen LogP contribution in [0.25, 0.3) is 0 Å². The van der Waals surface area contributed by atoms with Crippen LogP contribution < -0.4 is 5.32 Å². The van der Waals surface area contributed by atoms with Crippen LogP contribution in [-0.2, 0) is 0 Å². The molecule has 0 aliphatic carbocycles. The molecule has 0 bridgehead atoms. The largest absolute Gasteiger partial charge is 0.349 e. The van der Waals surface area contributed by atoms with E-state index in [1.54, 1.807) is 0 Å². The lowest BCUT2D eigenvalue weighted by Crippen LogP contribution is -2.34. The minimum absolute atomic E-state index is 0.0557. The Morgan fingerprint density at radius 1 is 1.12 bits per heavy atom. The van der Waals surface area contributed by atoms with E-state index in [-0.39, 0.29) is 5.91 Å². The number of hydrogen-bond donors (Lipinski definition) is 1. The van der Waals surface area contributed by atoms with Crippen molar-refractivity contribution in [3.8, 4) is 0 Å². The fraction of sp³-hybridized carbons (Fsp3) is 0.533. The number of benzene rings is 1. The average molecular weight is 233 g/mol. The van der Waals surface area contributed by atoms with Crippen molar-refractivity contribution in [1.82, 2.24) is 5.32 Å². The third-order valence-electron chi connectivity index (χ3n) is 2.91. The Kier molecular flexibility index (Phi) is 6.38. The van der Waals surface area contributed by atoms with Crippen LogP contribution in [0.2, 0.25) is 0 Å². The monoisotopic (exact) mass is 233 g/mol. The van der Waals surface area contributed by atoms with Crippen molar-refractivity contribution in [1.29, 1.82) is 0 Å². The van der Waals surface area contributed by atoms with Crippen LogP contribution in [0, 0.1) is 0 Å². The maximum atomic E-state index is 12.0. The van der Waals surface area contributed by atoms with E-state index in [4.69, 9.17) is 0 Å². The molecule has 1 atom stereocenters. The number of hydrogen-bond acceptors (Lipinski definition) is 1. The van der Waals surface area contributed by atoms with E-state index in [9.17, 15) is 4.79 Å². The molecule has 0 heterocycles. The molecule has 1 aromatic rings. The van der Waals surface area contributed by atoms with Crippen LogP contribution in [-0.4, -0.2) is 11.9 Å².